The van der Waals surface area contributed by atoms with Gasteiger partial charge in [0, 0.05) is 30.7 Å². The fourth-order valence-corrected chi connectivity index (χ4v) is 5.21. The summed E-state index contributed by atoms with van der Waals surface area (Å²) in [5.41, 5.74) is 1.03. The van der Waals surface area contributed by atoms with E-state index in [0.29, 0.717) is 21.2 Å². The summed E-state index contributed by atoms with van der Waals surface area (Å²) in [5, 5.41) is 0.895. The minimum absolute atomic E-state index is 0.0610. The molecule has 0 bridgehead atoms. The number of rotatable bonds is 2. The van der Waals surface area contributed by atoms with Crippen molar-refractivity contribution in [1.29, 1.82) is 0 Å². The molecule has 0 aromatic heterocycles. The molecule has 0 spiro atoms. The number of benzene rings is 2. The van der Waals surface area contributed by atoms with Crippen LogP contribution in [0.25, 0.3) is 0 Å². The predicted molar refractivity (Wildman–Crippen MR) is 91.2 cm³/mol. The minimum atomic E-state index is -0.0610. The second-order valence-corrected chi connectivity index (χ2v) is 7.86. The number of Topliss-reactive ketones (excluding diaryl/α,β-unsaturated/α-hetero) is 2. The van der Waals surface area contributed by atoms with Gasteiger partial charge >= 0.3 is 0 Å². The highest BCUT2D eigenvalue weighted by molar-refractivity contribution is 8.05. The van der Waals surface area contributed by atoms with Gasteiger partial charge in [0.15, 0.2) is 11.6 Å². The van der Waals surface area contributed by atoms with Crippen molar-refractivity contribution in [2.24, 2.45) is 0 Å². The van der Waals surface area contributed by atoms with E-state index in [1.54, 1.807) is 12.1 Å². The zero-order valence-electron chi connectivity index (χ0n) is 11.7. The van der Waals surface area contributed by atoms with Crippen LogP contribution in [0.5, 0.6) is 0 Å². The lowest BCUT2D eigenvalue weighted by Gasteiger charge is -2.20. The lowest BCUT2D eigenvalue weighted by molar-refractivity contribution is 0.100. The Kier molecular flexibility index (Phi) is 4.29. The van der Waals surface area contributed by atoms with Gasteiger partial charge in [-0.15, -0.1) is 0 Å². The Bertz CT molecular complexity index is 762. The van der Waals surface area contributed by atoms with Crippen molar-refractivity contribution in [3.8, 4) is 0 Å². The molecule has 0 saturated carbocycles. The van der Waals surface area contributed by atoms with Crippen molar-refractivity contribution in [2.45, 2.75) is 33.4 Å². The van der Waals surface area contributed by atoms with E-state index in [4.69, 9.17) is 23.2 Å². The summed E-state index contributed by atoms with van der Waals surface area (Å²) in [4.78, 5) is 27.1. The fourth-order valence-electron chi connectivity index (χ4n) is 2.17. The molecule has 0 aliphatic carbocycles. The van der Waals surface area contributed by atoms with E-state index in [1.807, 2.05) is 12.1 Å². The molecule has 2 aromatic rings. The lowest BCUT2D eigenvalue weighted by Crippen LogP contribution is -1.99. The standard InChI is InChI=1S/C16H10Cl2O2S2/c1-7(19)9-3-13-15(5-11(9)17)22-14-4-10(8(2)20)12(18)6-16(14)21-13/h3-6H,1-2H3. The molecule has 2 nitrogen and oxygen atoms in total. The number of carbonyl (C=O) groups is 2. The third-order valence-corrected chi connectivity index (χ3v) is 6.38. The monoisotopic (exact) mass is 368 g/mol. The van der Waals surface area contributed by atoms with Gasteiger partial charge in [-0.1, -0.05) is 46.7 Å². The van der Waals surface area contributed by atoms with Gasteiger partial charge in [-0.25, -0.2) is 0 Å². The number of halogens is 2. The van der Waals surface area contributed by atoms with E-state index < -0.39 is 0 Å². The Hall–Kier alpha value is -0.940. The second kappa shape index (κ2) is 5.93. The summed E-state index contributed by atoms with van der Waals surface area (Å²) in [6, 6.07) is 7.23. The summed E-state index contributed by atoms with van der Waals surface area (Å²) in [6.45, 7) is 3.00. The molecule has 22 heavy (non-hydrogen) atoms. The molecule has 0 atom stereocenters. The number of fused-ring (bicyclic) bond motifs is 2. The third kappa shape index (κ3) is 2.81. The van der Waals surface area contributed by atoms with E-state index in [2.05, 4.69) is 0 Å². The van der Waals surface area contributed by atoms with Crippen LogP contribution < -0.4 is 0 Å². The Morgan fingerprint density at radius 3 is 1.36 bits per heavy atom. The molecular weight excluding hydrogens is 359 g/mol. The highest BCUT2D eigenvalue weighted by atomic mass is 35.5. The number of hydrogen-bond acceptors (Lipinski definition) is 4. The summed E-state index contributed by atoms with van der Waals surface area (Å²) in [6.07, 6.45) is 0. The lowest BCUT2D eigenvalue weighted by atomic mass is 10.1. The molecule has 1 aliphatic heterocycles. The fraction of sp³-hybridized carbons (Fsp3) is 0.125. The summed E-state index contributed by atoms with van der Waals surface area (Å²) < 4.78 is 0. The largest absolute Gasteiger partial charge is 0.294 e. The maximum atomic E-state index is 11.6. The van der Waals surface area contributed by atoms with Gasteiger partial charge in [0.25, 0.3) is 0 Å². The average molecular weight is 369 g/mol. The van der Waals surface area contributed by atoms with E-state index >= 15 is 0 Å². The van der Waals surface area contributed by atoms with Crippen molar-refractivity contribution in [2.75, 3.05) is 0 Å². The van der Waals surface area contributed by atoms with Crippen LogP contribution in [0.15, 0.2) is 43.8 Å². The average Bonchev–Trinajstić information content (AvgIpc) is 2.43. The van der Waals surface area contributed by atoms with Gasteiger partial charge in [0.05, 0.1) is 10.0 Å². The summed E-state index contributed by atoms with van der Waals surface area (Å²) in [7, 11) is 0. The predicted octanol–water partition coefficient (Wildman–Crippen LogP) is 6.01. The van der Waals surface area contributed by atoms with E-state index in [9.17, 15) is 9.59 Å². The molecule has 112 valence electrons. The minimum Gasteiger partial charge on any atom is -0.294 e. The van der Waals surface area contributed by atoms with E-state index in [0.717, 1.165) is 19.6 Å². The second-order valence-electron chi connectivity index (χ2n) is 4.87. The first kappa shape index (κ1) is 15.9. The zero-order chi connectivity index (χ0) is 16.0. The molecular formula is C16H10Cl2O2S2. The van der Waals surface area contributed by atoms with Crippen molar-refractivity contribution in [3.05, 3.63) is 45.4 Å². The van der Waals surface area contributed by atoms with Crippen LogP contribution in [-0.4, -0.2) is 11.6 Å². The topological polar surface area (TPSA) is 34.1 Å². The van der Waals surface area contributed by atoms with Gasteiger partial charge in [-0.2, -0.15) is 0 Å². The van der Waals surface area contributed by atoms with Crippen LogP contribution in [0.2, 0.25) is 10.0 Å². The number of carbonyl (C=O) groups excluding carboxylic acids is 2. The van der Waals surface area contributed by atoms with Gasteiger partial charge in [-0.05, 0) is 38.1 Å². The first-order valence-corrected chi connectivity index (χ1v) is 8.80. The molecule has 6 heteroatoms. The quantitative estimate of drug-likeness (QED) is 0.518. The Morgan fingerprint density at radius 2 is 1.05 bits per heavy atom. The normalized spacial score (nSPS) is 12.5. The highest BCUT2D eigenvalue weighted by Crippen LogP contribution is 2.50. The number of ketones is 2. The Morgan fingerprint density at radius 1 is 0.727 bits per heavy atom. The van der Waals surface area contributed by atoms with Gasteiger partial charge < -0.3 is 0 Å². The Balaban J connectivity index is 2.10. The van der Waals surface area contributed by atoms with Crippen molar-refractivity contribution < 1.29 is 9.59 Å². The zero-order valence-corrected chi connectivity index (χ0v) is 14.8. The van der Waals surface area contributed by atoms with Crippen molar-refractivity contribution >= 4 is 58.3 Å². The third-order valence-electron chi connectivity index (χ3n) is 3.27. The van der Waals surface area contributed by atoms with Crippen LogP contribution in [0, 0.1) is 0 Å². The SMILES string of the molecule is CC(=O)c1cc2c(cc1Cl)Sc1cc(C(C)=O)c(Cl)cc1S2. The molecule has 0 amide bonds. The van der Waals surface area contributed by atoms with Gasteiger partial charge in [0.1, 0.15) is 0 Å². The highest BCUT2D eigenvalue weighted by Gasteiger charge is 2.22. The van der Waals surface area contributed by atoms with E-state index in [-0.39, 0.29) is 11.6 Å². The maximum absolute atomic E-state index is 11.6. The van der Waals surface area contributed by atoms with Crippen LogP contribution in [-0.2, 0) is 0 Å². The number of hydrogen-bond donors (Lipinski definition) is 0. The molecule has 0 saturated heterocycles. The molecule has 1 aliphatic rings. The van der Waals surface area contributed by atoms with Crippen LogP contribution >= 0.6 is 46.7 Å². The van der Waals surface area contributed by atoms with Crippen LogP contribution in [0.1, 0.15) is 34.6 Å². The molecule has 0 fully saturated rings. The smallest absolute Gasteiger partial charge is 0.161 e. The van der Waals surface area contributed by atoms with E-state index in [1.165, 1.54) is 37.4 Å². The van der Waals surface area contributed by atoms with Crippen molar-refractivity contribution in [3.63, 3.8) is 0 Å². The molecule has 0 radical (unpaired) electrons. The van der Waals surface area contributed by atoms with Gasteiger partial charge in [-0.3, -0.25) is 9.59 Å². The molecule has 3 rings (SSSR count). The van der Waals surface area contributed by atoms with Crippen LogP contribution in [0.4, 0.5) is 0 Å². The van der Waals surface area contributed by atoms with Crippen molar-refractivity contribution in [1.82, 2.24) is 0 Å². The maximum Gasteiger partial charge on any atom is 0.161 e. The molecule has 1 heterocycles. The summed E-state index contributed by atoms with van der Waals surface area (Å²) >= 11 is 15.4. The molecule has 0 N–H and O–H groups in total. The van der Waals surface area contributed by atoms with Crippen LogP contribution in [0.3, 0.4) is 0 Å². The summed E-state index contributed by atoms with van der Waals surface area (Å²) in [5.74, 6) is -0.122. The Labute approximate surface area is 146 Å². The molecule has 2 aromatic carbocycles. The van der Waals surface area contributed by atoms with Gasteiger partial charge in [0.2, 0.25) is 0 Å². The molecule has 0 unspecified atom stereocenters. The first-order chi connectivity index (χ1) is 10.4. The first-order valence-electron chi connectivity index (χ1n) is 6.41.